The Morgan fingerprint density at radius 1 is 1.07 bits per heavy atom. The lowest BCUT2D eigenvalue weighted by molar-refractivity contribution is -0.123. The first kappa shape index (κ1) is 22.3. The van der Waals surface area contributed by atoms with Crippen molar-refractivity contribution in [2.75, 3.05) is 31.6 Å². The van der Waals surface area contributed by atoms with E-state index in [0.29, 0.717) is 37.4 Å². The Kier molecular flexibility index (Phi) is 9.15. The van der Waals surface area contributed by atoms with Gasteiger partial charge in [0.2, 0.25) is 5.91 Å². The van der Waals surface area contributed by atoms with Crippen LogP contribution in [0.4, 0.5) is 5.69 Å². The molecule has 0 saturated heterocycles. The summed E-state index contributed by atoms with van der Waals surface area (Å²) in [5, 5.41) is 5.46. The Balaban J connectivity index is 2.61. The molecule has 1 aromatic rings. The fourth-order valence-corrected chi connectivity index (χ4v) is 2.16. The summed E-state index contributed by atoms with van der Waals surface area (Å²) in [7, 11) is 0. The third-order valence-electron chi connectivity index (χ3n) is 3.74. The summed E-state index contributed by atoms with van der Waals surface area (Å²) in [6.07, 6.45) is 0.377. The Labute approximate surface area is 158 Å². The van der Waals surface area contributed by atoms with Crippen molar-refractivity contribution in [2.24, 2.45) is 11.7 Å². The molecule has 2 amide bonds. The molecule has 8 nitrogen and oxygen atoms in total. The smallest absolute Gasteiger partial charge is 0.251 e. The van der Waals surface area contributed by atoms with Gasteiger partial charge in [-0.2, -0.15) is 0 Å². The van der Waals surface area contributed by atoms with Gasteiger partial charge in [-0.25, -0.2) is 0 Å². The van der Waals surface area contributed by atoms with Gasteiger partial charge in [-0.3, -0.25) is 19.2 Å². The van der Waals surface area contributed by atoms with Crippen LogP contribution in [0, 0.1) is 5.92 Å². The fraction of sp³-hybridized carbons (Fsp3) is 0.474. The average Bonchev–Trinajstić information content (AvgIpc) is 2.61. The quantitative estimate of drug-likeness (QED) is 0.370. The summed E-state index contributed by atoms with van der Waals surface area (Å²) < 4.78 is 5.42. The molecule has 148 valence electrons. The summed E-state index contributed by atoms with van der Waals surface area (Å²) in [6.45, 7) is 5.99. The number of carbonyl (C=O) groups is 4. The minimum Gasteiger partial charge on any atom is -0.383 e. The van der Waals surface area contributed by atoms with Gasteiger partial charge in [0.05, 0.1) is 19.8 Å². The number of ether oxygens (including phenoxy) is 1. The van der Waals surface area contributed by atoms with Crippen LogP contribution in [-0.2, 0) is 14.3 Å². The Morgan fingerprint density at radius 2 is 1.74 bits per heavy atom. The van der Waals surface area contributed by atoms with Crippen molar-refractivity contribution in [2.45, 2.75) is 27.2 Å². The molecule has 0 heterocycles. The van der Waals surface area contributed by atoms with Crippen molar-refractivity contribution in [3.63, 3.8) is 0 Å². The number of Topliss-reactive ketones (excluding diaryl/α,β-unsaturated/α-hetero) is 2. The minimum absolute atomic E-state index is 0.000164. The van der Waals surface area contributed by atoms with Crippen LogP contribution < -0.4 is 16.4 Å². The van der Waals surface area contributed by atoms with Gasteiger partial charge in [-0.15, -0.1) is 0 Å². The van der Waals surface area contributed by atoms with E-state index in [1.807, 2.05) is 13.8 Å². The van der Waals surface area contributed by atoms with Crippen molar-refractivity contribution in [1.29, 1.82) is 0 Å². The number of nitrogens with one attached hydrogen (secondary N) is 2. The fourth-order valence-electron chi connectivity index (χ4n) is 2.16. The molecule has 0 unspecified atom stereocenters. The van der Waals surface area contributed by atoms with Crippen LogP contribution in [-0.4, -0.2) is 49.7 Å². The van der Waals surface area contributed by atoms with E-state index < -0.39 is 11.8 Å². The molecule has 0 spiro atoms. The van der Waals surface area contributed by atoms with Gasteiger partial charge >= 0.3 is 0 Å². The highest BCUT2D eigenvalue weighted by Gasteiger charge is 2.12. The SMILES string of the molecule is CC(=O)c1cc(NCCOCCC(=O)C(C)C)cc(C(=O)NCC(N)=O)c1. The lowest BCUT2D eigenvalue weighted by Gasteiger charge is -2.11. The molecule has 0 aliphatic rings. The molecule has 8 heteroatoms. The van der Waals surface area contributed by atoms with Gasteiger partial charge in [0.15, 0.2) is 5.78 Å². The molecular formula is C19H27N3O5. The maximum absolute atomic E-state index is 12.1. The van der Waals surface area contributed by atoms with Gasteiger partial charge in [0, 0.05) is 35.7 Å². The van der Waals surface area contributed by atoms with Crippen LogP contribution >= 0.6 is 0 Å². The molecule has 0 aliphatic carbocycles. The van der Waals surface area contributed by atoms with Crippen molar-refractivity contribution in [3.05, 3.63) is 29.3 Å². The molecule has 1 aromatic carbocycles. The average molecular weight is 377 g/mol. The van der Waals surface area contributed by atoms with E-state index in [4.69, 9.17) is 10.5 Å². The van der Waals surface area contributed by atoms with Gasteiger partial charge in [-0.1, -0.05) is 13.8 Å². The van der Waals surface area contributed by atoms with Crippen LogP contribution in [0.3, 0.4) is 0 Å². The highest BCUT2D eigenvalue weighted by atomic mass is 16.5. The van der Waals surface area contributed by atoms with E-state index >= 15 is 0 Å². The lowest BCUT2D eigenvalue weighted by Crippen LogP contribution is -2.33. The number of anilines is 1. The molecular weight excluding hydrogens is 350 g/mol. The first-order valence-electron chi connectivity index (χ1n) is 8.77. The zero-order valence-electron chi connectivity index (χ0n) is 16.0. The van der Waals surface area contributed by atoms with E-state index in [0.717, 1.165) is 0 Å². The Hall–Kier alpha value is -2.74. The molecule has 0 radical (unpaired) electrons. The predicted molar refractivity (Wildman–Crippen MR) is 102 cm³/mol. The summed E-state index contributed by atoms with van der Waals surface area (Å²) in [5.74, 6) is -1.18. The Morgan fingerprint density at radius 3 is 2.33 bits per heavy atom. The highest BCUT2D eigenvalue weighted by Crippen LogP contribution is 2.16. The molecule has 1 rings (SSSR count). The van der Waals surface area contributed by atoms with Crippen LogP contribution in [0.15, 0.2) is 18.2 Å². The van der Waals surface area contributed by atoms with Crippen molar-refractivity contribution >= 4 is 29.1 Å². The normalized spacial score (nSPS) is 10.5. The molecule has 0 bridgehead atoms. The van der Waals surface area contributed by atoms with Gasteiger partial charge < -0.3 is 21.1 Å². The summed E-state index contributed by atoms with van der Waals surface area (Å²) in [5.41, 5.74) is 6.20. The number of benzene rings is 1. The van der Waals surface area contributed by atoms with Crippen LogP contribution in [0.25, 0.3) is 0 Å². The lowest BCUT2D eigenvalue weighted by atomic mass is 10.1. The topological polar surface area (TPSA) is 128 Å². The predicted octanol–water partition coefficient (Wildman–Crippen LogP) is 1.15. The van der Waals surface area contributed by atoms with Gasteiger partial charge in [0.1, 0.15) is 5.78 Å². The monoisotopic (exact) mass is 377 g/mol. The summed E-state index contributed by atoms with van der Waals surface area (Å²) in [4.78, 5) is 46.1. The zero-order valence-corrected chi connectivity index (χ0v) is 16.0. The zero-order chi connectivity index (χ0) is 20.4. The number of rotatable bonds is 12. The van der Waals surface area contributed by atoms with Crippen molar-refractivity contribution in [1.82, 2.24) is 5.32 Å². The number of primary amides is 1. The largest absolute Gasteiger partial charge is 0.383 e. The standard InChI is InChI=1S/C19H27N3O5/c1-12(2)17(24)4-6-27-7-5-21-16-9-14(13(3)23)8-15(10-16)19(26)22-11-18(20)25/h8-10,12,21H,4-7,11H2,1-3H3,(H2,20,25)(H,22,26). The number of nitrogens with two attached hydrogens (primary N) is 1. The summed E-state index contributed by atoms with van der Waals surface area (Å²) in [6, 6.07) is 4.67. The molecule has 0 saturated carbocycles. The van der Waals surface area contributed by atoms with Gasteiger partial charge in [0.25, 0.3) is 5.91 Å². The Bertz CT molecular complexity index is 701. The third kappa shape index (κ3) is 8.46. The number of hydrogen-bond donors (Lipinski definition) is 3. The third-order valence-corrected chi connectivity index (χ3v) is 3.74. The highest BCUT2D eigenvalue weighted by molar-refractivity contribution is 6.01. The number of ketones is 2. The molecule has 27 heavy (non-hydrogen) atoms. The number of hydrogen-bond acceptors (Lipinski definition) is 6. The molecule has 0 atom stereocenters. The second kappa shape index (κ2) is 11.1. The molecule has 0 aliphatic heterocycles. The first-order chi connectivity index (χ1) is 12.7. The van der Waals surface area contributed by atoms with Crippen LogP contribution in [0.2, 0.25) is 0 Å². The maximum Gasteiger partial charge on any atom is 0.251 e. The minimum atomic E-state index is -0.655. The molecule has 0 fully saturated rings. The maximum atomic E-state index is 12.1. The second-order valence-corrected chi connectivity index (χ2v) is 6.41. The van der Waals surface area contributed by atoms with Gasteiger partial charge in [-0.05, 0) is 25.1 Å². The van der Waals surface area contributed by atoms with Crippen LogP contribution in [0.5, 0.6) is 0 Å². The van der Waals surface area contributed by atoms with E-state index in [1.54, 1.807) is 12.1 Å². The van der Waals surface area contributed by atoms with Crippen molar-refractivity contribution < 1.29 is 23.9 Å². The number of amides is 2. The van der Waals surface area contributed by atoms with E-state index in [1.165, 1.54) is 13.0 Å². The molecule has 0 aromatic heterocycles. The second-order valence-electron chi connectivity index (χ2n) is 6.41. The van der Waals surface area contributed by atoms with Crippen LogP contribution in [0.1, 0.15) is 47.9 Å². The van der Waals surface area contributed by atoms with Crippen molar-refractivity contribution in [3.8, 4) is 0 Å². The molecule has 4 N–H and O–H groups in total. The first-order valence-corrected chi connectivity index (χ1v) is 8.77. The summed E-state index contributed by atoms with van der Waals surface area (Å²) >= 11 is 0. The van der Waals surface area contributed by atoms with E-state index in [2.05, 4.69) is 10.6 Å². The number of carbonyl (C=O) groups excluding carboxylic acids is 4. The van der Waals surface area contributed by atoms with E-state index in [9.17, 15) is 19.2 Å². The van der Waals surface area contributed by atoms with E-state index in [-0.39, 0.29) is 29.6 Å².